The van der Waals surface area contributed by atoms with E-state index in [9.17, 15) is 13.6 Å². The van der Waals surface area contributed by atoms with E-state index in [1.54, 1.807) is 24.3 Å². The summed E-state index contributed by atoms with van der Waals surface area (Å²) < 4.78 is 31.4. The fraction of sp³-hybridized carbons (Fsp3) is 0.125. The molecule has 5 heteroatoms. The number of carbonyl (C=O) groups is 1. The molecule has 0 aliphatic heterocycles. The first kappa shape index (κ1) is 14.7. The number of nitriles is 1. The number of Topliss-reactive ketones (excluding diaryl/α,β-unsaturated/α-hetero) is 1. The summed E-state index contributed by atoms with van der Waals surface area (Å²) in [6, 6.07) is 11.3. The smallest absolute Gasteiger partial charge is 0.203 e. The molecule has 0 spiro atoms. The van der Waals surface area contributed by atoms with Crippen LogP contribution < -0.4 is 4.74 Å². The Labute approximate surface area is 120 Å². The van der Waals surface area contributed by atoms with Crippen LogP contribution in [0.4, 0.5) is 8.78 Å². The number of ketones is 1. The van der Waals surface area contributed by atoms with Gasteiger partial charge in [0.2, 0.25) is 5.78 Å². The zero-order chi connectivity index (χ0) is 15.4. The van der Waals surface area contributed by atoms with Crippen molar-refractivity contribution in [3.8, 4) is 11.8 Å². The Morgan fingerprint density at radius 3 is 2.57 bits per heavy atom. The Balaban J connectivity index is 2.20. The molecule has 106 valence electrons. The molecule has 2 aromatic rings. The van der Waals surface area contributed by atoms with E-state index in [0.717, 1.165) is 12.1 Å². The fourth-order valence-corrected chi connectivity index (χ4v) is 1.79. The lowest BCUT2D eigenvalue weighted by molar-refractivity contribution is 0.0817. The molecular weight excluding hydrogens is 276 g/mol. The predicted molar refractivity (Wildman–Crippen MR) is 71.9 cm³/mol. The molecule has 0 saturated heterocycles. The molecule has 0 N–H and O–H groups in total. The van der Waals surface area contributed by atoms with Gasteiger partial charge in [-0.15, -0.1) is 0 Å². The number of benzene rings is 2. The van der Waals surface area contributed by atoms with Gasteiger partial charge in [-0.1, -0.05) is 12.1 Å². The van der Waals surface area contributed by atoms with Crippen LogP contribution >= 0.6 is 0 Å². The molecule has 0 aliphatic rings. The molecule has 0 fully saturated rings. The second-order valence-electron chi connectivity index (χ2n) is 4.36. The van der Waals surface area contributed by atoms with Gasteiger partial charge >= 0.3 is 0 Å². The summed E-state index contributed by atoms with van der Waals surface area (Å²) in [5.74, 6) is -2.34. The molecular formula is C16H11F2NO2. The van der Waals surface area contributed by atoms with E-state index in [2.05, 4.69) is 0 Å². The number of halogens is 2. The molecule has 0 aromatic heterocycles. The number of hydrogen-bond donors (Lipinski definition) is 0. The highest BCUT2D eigenvalue weighted by molar-refractivity contribution is 5.99. The molecule has 3 nitrogen and oxygen atoms in total. The number of para-hydroxylation sites is 1. The minimum atomic E-state index is -1.09. The van der Waals surface area contributed by atoms with Crippen LogP contribution in [0, 0.1) is 23.0 Å². The minimum Gasteiger partial charge on any atom is -0.481 e. The number of ether oxygens (including phenoxy) is 1. The molecule has 2 rings (SSSR count). The zero-order valence-corrected chi connectivity index (χ0v) is 11.1. The van der Waals surface area contributed by atoms with Crippen LogP contribution in [-0.2, 0) is 0 Å². The number of rotatable bonds is 4. The van der Waals surface area contributed by atoms with Crippen molar-refractivity contribution in [3.63, 3.8) is 0 Å². The van der Waals surface area contributed by atoms with Gasteiger partial charge in [0.25, 0.3) is 0 Å². The molecule has 1 atom stereocenters. The van der Waals surface area contributed by atoms with E-state index in [1.165, 1.54) is 13.0 Å². The lowest BCUT2D eigenvalue weighted by Crippen LogP contribution is -2.24. The molecule has 0 heterocycles. The number of nitrogens with zero attached hydrogens (tertiary/aromatic N) is 1. The summed E-state index contributed by atoms with van der Waals surface area (Å²) in [6.07, 6.45) is -0.927. The van der Waals surface area contributed by atoms with Crippen molar-refractivity contribution in [2.45, 2.75) is 13.0 Å². The van der Waals surface area contributed by atoms with Gasteiger partial charge < -0.3 is 4.74 Å². The van der Waals surface area contributed by atoms with Gasteiger partial charge in [0, 0.05) is 5.56 Å². The van der Waals surface area contributed by atoms with Crippen molar-refractivity contribution >= 4 is 5.78 Å². The van der Waals surface area contributed by atoms with Crippen molar-refractivity contribution in [3.05, 3.63) is 65.2 Å². The maximum absolute atomic E-state index is 13.1. The molecule has 2 aromatic carbocycles. The first-order chi connectivity index (χ1) is 10.0. The van der Waals surface area contributed by atoms with Crippen molar-refractivity contribution in [1.82, 2.24) is 0 Å². The summed E-state index contributed by atoms with van der Waals surface area (Å²) in [7, 11) is 0. The standard InChI is InChI=1S/C16H11F2NO2/c1-10(21-15-5-3-2-4-12(15)9-19)16(20)11-6-7-13(17)14(18)8-11/h2-8,10H,1H3. The SMILES string of the molecule is CC(Oc1ccccc1C#N)C(=O)c1ccc(F)c(F)c1. The van der Waals surface area contributed by atoms with E-state index < -0.39 is 23.5 Å². The highest BCUT2D eigenvalue weighted by Crippen LogP contribution is 2.20. The molecule has 0 bridgehead atoms. The predicted octanol–water partition coefficient (Wildman–Crippen LogP) is 3.49. The minimum absolute atomic E-state index is 0.0100. The van der Waals surface area contributed by atoms with Crippen molar-refractivity contribution in [2.75, 3.05) is 0 Å². The lowest BCUT2D eigenvalue weighted by Gasteiger charge is -2.14. The summed E-state index contributed by atoms with van der Waals surface area (Å²) in [5.41, 5.74) is 0.304. The highest BCUT2D eigenvalue weighted by atomic mass is 19.2. The molecule has 0 amide bonds. The lowest BCUT2D eigenvalue weighted by atomic mass is 10.1. The van der Waals surface area contributed by atoms with Crippen LogP contribution in [0.3, 0.4) is 0 Å². The maximum atomic E-state index is 13.1. The quantitative estimate of drug-likeness (QED) is 0.809. The summed E-state index contributed by atoms with van der Waals surface area (Å²) in [6.45, 7) is 1.48. The molecule has 1 unspecified atom stereocenters. The third-order valence-corrected chi connectivity index (χ3v) is 2.88. The van der Waals surface area contributed by atoms with Gasteiger partial charge in [0.15, 0.2) is 17.7 Å². The Kier molecular flexibility index (Phi) is 4.29. The monoisotopic (exact) mass is 287 g/mol. The van der Waals surface area contributed by atoms with Gasteiger partial charge in [-0.25, -0.2) is 8.78 Å². The van der Waals surface area contributed by atoms with Crippen LogP contribution in [0.25, 0.3) is 0 Å². The first-order valence-electron chi connectivity index (χ1n) is 6.18. The average Bonchev–Trinajstić information content (AvgIpc) is 2.49. The van der Waals surface area contributed by atoms with Crippen LogP contribution in [-0.4, -0.2) is 11.9 Å². The van der Waals surface area contributed by atoms with Crippen LogP contribution in [0.15, 0.2) is 42.5 Å². The third-order valence-electron chi connectivity index (χ3n) is 2.88. The van der Waals surface area contributed by atoms with Gasteiger partial charge in [-0.2, -0.15) is 5.26 Å². The van der Waals surface area contributed by atoms with Gasteiger partial charge in [-0.05, 0) is 37.3 Å². The Morgan fingerprint density at radius 1 is 1.19 bits per heavy atom. The van der Waals surface area contributed by atoms with E-state index in [4.69, 9.17) is 10.00 Å². The first-order valence-corrected chi connectivity index (χ1v) is 6.18. The van der Waals surface area contributed by atoms with E-state index in [1.807, 2.05) is 6.07 Å². The topological polar surface area (TPSA) is 50.1 Å². The van der Waals surface area contributed by atoms with Gasteiger partial charge in [0.1, 0.15) is 11.8 Å². The number of carbonyl (C=O) groups excluding carboxylic acids is 1. The molecule has 0 aliphatic carbocycles. The maximum Gasteiger partial charge on any atom is 0.203 e. The Morgan fingerprint density at radius 2 is 1.90 bits per heavy atom. The fourth-order valence-electron chi connectivity index (χ4n) is 1.79. The second-order valence-corrected chi connectivity index (χ2v) is 4.36. The van der Waals surface area contributed by atoms with E-state index >= 15 is 0 Å². The van der Waals surface area contributed by atoms with E-state index in [-0.39, 0.29) is 11.3 Å². The number of hydrogen-bond acceptors (Lipinski definition) is 3. The normalized spacial score (nSPS) is 11.5. The van der Waals surface area contributed by atoms with E-state index in [0.29, 0.717) is 5.56 Å². The summed E-state index contributed by atoms with van der Waals surface area (Å²) >= 11 is 0. The van der Waals surface area contributed by atoms with Gasteiger partial charge in [0.05, 0.1) is 5.56 Å². The zero-order valence-electron chi connectivity index (χ0n) is 11.1. The van der Waals surface area contributed by atoms with Crippen molar-refractivity contribution in [2.24, 2.45) is 0 Å². The summed E-state index contributed by atoms with van der Waals surface area (Å²) in [5, 5.41) is 8.95. The van der Waals surface area contributed by atoms with Crippen LogP contribution in [0.2, 0.25) is 0 Å². The average molecular weight is 287 g/mol. The third kappa shape index (κ3) is 3.23. The molecule has 0 saturated carbocycles. The van der Waals surface area contributed by atoms with Crippen LogP contribution in [0.1, 0.15) is 22.8 Å². The highest BCUT2D eigenvalue weighted by Gasteiger charge is 2.19. The van der Waals surface area contributed by atoms with Gasteiger partial charge in [-0.3, -0.25) is 4.79 Å². The van der Waals surface area contributed by atoms with Crippen LogP contribution in [0.5, 0.6) is 5.75 Å². The largest absolute Gasteiger partial charge is 0.481 e. The van der Waals surface area contributed by atoms with Crippen molar-refractivity contribution in [1.29, 1.82) is 5.26 Å². The Hall–Kier alpha value is -2.74. The molecule has 21 heavy (non-hydrogen) atoms. The Bertz CT molecular complexity index is 722. The molecule has 0 radical (unpaired) electrons. The summed E-state index contributed by atoms with van der Waals surface area (Å²) in [4.78, 5) is 12.1. The van der Waals surface area contributed by atoms with Crippen molar-refractivity contribution < 1.29 is 18.3 Å². The second kappa shape index (κ2) is 6.14.